The molecule has 3 heteroatoms. The summed E-state index contributed by atoms with van der Waals surface area (Å²) in [6.45, 7) is 6.09. The van der Waals surface area contributed by atoms with Crippen LogP contribution in [-0.2, 0) is 16.6 Å². The van der Waals surface area contributed by atoms with Crippen LogP contribution in [0.3, 0.4) is 0 Å². The van der Waals surface area contributed by atoms with Crippen molar-refractivity contribution >= 4 is 5.91 Å². The molecule has 3 nitrogen and oxygen atoms in total. The van der Waals surface area contributed by atoms with E-state index < -0.39 is 0 Å². The van der Waals surface area contributed by atoms with E-state index in [0.29, 0.717) is 23.7 Å². The van der Waals surface area contributed by atoms with Gasteiger partial charge < -0.3 is 10.6 Å². The number of nitrogens with two attached hydrogens (primary N) is 1. The highest BCUT2D eigenvalue weighted by molar-refractivity contribution is 5.85. The number of piperidine rings is 1. The molecular formula is C30H38N2O. The Kier molecular flexibility index (Phi) is 4.82. The number of amides is 1. The van der Waals surface area contributed by atoms with E-state index in [4.69, 9.17) is 5.73 Å². The fourth-order valence-electron chi connectivity index (χ4n) is 8.55. The first-order valence-electron chi connectivity index (χ1n) is 13.0. The van der Waals surface area contributed by atoms with Crippen molar-refractivity contribution in [1.29, 1.82) is 0 Å². The van der Waals surface area contributed by atoms with Crippen molar-refractivity contribution in [2.75, 3.05) is 13.1 Å². The zero-order valence-electron chi connectivity index (χ0n) is 20.2. The Morgan fingerprint density at radius 2 is 1.70 bits per heavy atom. The molecule has 5 fully saturated rings. The second kappa shape index (κ2) is 7.43. The molecule has 6 atom stereocenters. The van der Waals surface area contributed by atoms with Crippen LogP contribution in [0.5, 0.6) is 0 Å². The highest BCUT2D eigenvalue weighted by Crippen LogP contribution is 2.73. The summed E-state index contributed by atoms with van der Waals surface area (Å²) in [5, 5.41) is 0. The molecule has 1 saturated heterocycles. The summed E-state index contributed by atoms with van der Waals surface area (Å²) in [7, 11) is 0. The summed E-state index contributed by atoms with van der Waals surface area (Å²) in [6, 6.07) is 22.3. The van der Waals surface area contributed by atoms with Gasteiger partial charge in [0.15, 0.2) is 0 Å². The van der Waals surface area contributed by atoms with Crippen molar-refractivity contribution in [2.24, 2.45) is 34.3 Å². The average molecular weight is 443 g/mol. The molecule has 2 N–H and O–H groups in total. The molecule has 2 aromatic carbocycles. The first-order chi connectivity index (χ1) is 15.8. The van der Waals surface area contributed by atoms with Crippen LogP contribution in [0.15, 0.2) is 60.7 Å². The second-order valence-electron chi connectivity index (χ2n) is 12.4. The monoisotopic (exact) mass is 442 g/mol. The smallest absolute Gasteiger partial charge is 0.229 e. The summed E-state index contributed by atoms with van der Waals surface area (Å²) in [5.74, 6) is 2.20. The Hall–Kier alpha value is -2.13. The maximum atomic E-state index is 14.4. The Morgan fingerprint density at radius 3 is 2.39 bits per heavy atom. The molecule has 1 aliphatic heterocycles. The average Bonchev–Trinajstić information content (AvgIpc) is 3.19. The van der Waals surface area contributed by atoms with Gasteiger partial charge in [-0.15, -0.1) is 0 Å². The zero-order chi connectivity index (χ0) is 22.8. The summed E-state index contributed by atoms with van der Waals surface area (Å²) < 4.78 is 0. The van der Waals surface area contributed by atoms with Crippen LogP contribution in [0.1, 0.15) is 57.1 Å². The van der Waals surface area contributed by atoms with Crippen LogP contribution in [0.25, 0.3) is 0 Å². The van der Waals surface area contributed by atoms with Crippen molar-refractivity contribution in [1.82, 2.24) is 4.90 Å². The molecule has 4 bridgehead atoms. The molecule has 174 valence electrons. The van der Waals surface area contributed by atoms with Crippen molar-refractivity contribution in [3.63, 3.8) is 0 Å². The molecule has 4 aliphatic carbocycles. The Balaban J connectivity index is 1.36. The van der Waals surface area contributed by atoms with Gasteiger partial charge in [-0.1, -0.05) is 74.5 Å². The van der Waals surface area contributed by atoms with E-state index in [1.54, 1.807) is 0 Å². The lowest BCUT2D eigenvalue weighted by atomic mass is 9.61. The highest BCUT2D eigenvalue weighted by atomic mass is 16.2. The molecule has 33 heavy (non-hydrogen) atoms. The SMILES string of the molecule is CC1(C)CN(C(=O)C23CC4CC(c5ccccc5)(CC2C4Cc2ccccc2)C3)CC[C@@H]1N. The second-order valence-corrected chi connectivity index (χ2v) is 12.4. The van der Waals surface area contributed by atoms with Crippen LogP contribution in [0, 0.1) is 28.6 Å². The zero-order valence-corrected chi connectivity index (χ0v) is 20.2. The molecule has 1 heterocycles. The number of carbonyl (C=O) groups excluding carboxylic acids is 1. The van der Waals surface area contributed by atoms with E-state index in [-0.39, 0.29) is 22.3 Å². The third kappa shape index (κ3) is 3.22. The van der Waals surface area contributed by atoms with Gasteiger partial charge in [0.1, 0.15) is 0 Å². The molecule has 0 aromatic heterocycles. The quantitative estimate of drug-likeness (QED) is 0.708. The highest BCUT2D eigenvalue weighted by Gasteiger charge is 2.71. The summed E-state index contributed by atoms with van der Waals surface area (Å²) in [6.07, 6.45) is 6.58. The molecular weight excluding hydrogens is 404 g/mol. The third-order valence-electron chi connectivity index (χ3n) is 10.1. The van der Waals surface area contributed by atoms with Gasteiger partial charge in [-0.05, 0) is 78.2 Å². The van der Waals surface area contributed by atoms with Crippen LogP contribution < -0.4 is 5.73 Å². The van der Waals surface area contributed by atoms with Gasteiger partial charge in [-0.25, -0.2) is 0 Å². The van der Waals surface area contributed by atoms with E-state index >= 15 is 0 Å². The summed E-state index contributed by atoms with van der Waals surface area (Å²) in [5.41, 5.74) is 9.31. The van der Waals surface area contributed by atoms with E-state index in [0.717, 1.165) is 38.8 Å². The lowest BCUT2D eigenvalue weighted by molar-refractivity contribution is -0.148. The van der Waals surface area contributed by atoms with Gasteiger partial charge in [0.05, 0.1) is 5.41 Å². The van der Waals surface area contributed by atoms with E-state index in [2.05, 4.69) is 79.4 Å². The molecule has 2 aromatic rings. The van der Waals surface area contributed by atoms with Gasteiger partial charge >= 0.3 is 0 Å². The first kappa shape index (κ1) is 21.4. The summed E-state index contributed by atoms with van der Waals surface area (Å²) >= 11 is 0. The Bertz CT molecular complexity index is 1030. The lowest BCUT2D eigenvalue weighted by Crippen LogP contribution is -2.57. The van der Waals surface area contributed by atoms with Crippen molar-refractivity contribution in [3.05, 3.63) is 71.8 Å². The summed E-state index contributed by atoms with van der Waals surface area (Å²) in [4.78, 5) is 16.6. The molecule has 1 amide bonds. The molecule has 4 saturated carbocycles. The number of benzene rings is 2. The fourth-order valence-corrected chi connectivity index (χ4v) is 8.55. The number of hydrogen-bond donors (Lipinski definition) is 1. The van der Waals surface area contributed by atoms with Crippen molar-refractivity contribution in [2.45, 2.75) is 63.8 Å². The van der Waals surface area contributed by atoms with Crippen molar-refractivity contribution < 1.29 is 4.79 Å². The number of carbonyl (C=O) groups is 1. The topological polar surface area (TPSA) is 46.3 Å². The van der Waals surface area contributed by atoms with Crippen LogP contribution in [0.2, 0.25) is 0 Å². The molecule has 5 unspecified atom stereocenters. The minimum atomic E-state index is -0.185. The van der Waals surface area contributed by atoms with Crippen LogP contribution >= 0.6 is 0 Å². The Morgan fingerprint density at radius 1 is 1.00 bits per heavy atom. The molecule has 0 spiro atoms. The predicted molar refractivity (Wildman–Crippen MR) is 133 cm³/mol. The van der Waals surface area contributed by atoms with Crippen molar-refractivity contribution in [3.8, 4) is 0 Å². The van der Waals surface area contributed by atoms with Gasteiger partial charge in [0.25, 0.3) is 0 Å². The number of likely N-dealkylation sites (tertiary alicyclic amines) is 1. The number of nitrogens with zero attached hydrogens (tertiary/aromatic N) is 1. The predicted octanol–water partition coefficient (Wildman–Crippen LogP) is 5.19. The molecule has 0 radical (unpaired) electrons. The number of hydrogen-bond acceptors (Lipinski definition) is 2. The molecule has 5 aliphatic rings. The maximum Gasteiger partial charge on any atom is 0.229 e. The van der Waals surface area contributed by atoms with Gasteiger partial charge in [-0.2, -0.15) is 0 Å². The number of rotatable bonds is 4. The van der Waals surface area contributed by atoms with Crippen LogP contribution in [0.4, 0.5) is 0 Å². The minimum absolute atomic E-state index is 0.0132. The van der Waals surface area contributed by atoms with E-state index in [1.807, 2.05) is 0 Å². The Labute approximate surface area is 198 Å². The van der Waals surface area contributed by atoms with Crippen LogP contribution in [-0.4, -0.2) is 29.9 Å². The largest absolute Gasteiger partial charge is 0.342 e. The van der Waals surface area contributed by atoms with E-state index in [9.17, 15) is 4.79 Å². The lowest BCUT2D eigenvalue weighted by Gasteiger charge is -2.47. The first-order valence-corrected chi connectivity index (χ1v) is 13.0. The molecule has 7 rings (SSSR count). The normalized spacial score (nSPS) is 38.6. The van der Waals surface area contributed by atoms with Gasteiger partial charge in [0, 0.05) is 19.1 Å². The standard InChI is InChI=1S/C30H38N2O/c1-28(2)20-32(14-13-26(28)31)27(33)30-17-22-16-29(19-30,23-11-7-4-8-12-23)18-25(30)24(22)15-21-9-5-3-6-10-21/h3-12,22,24-26H,13-20,31H2,1-2H3/t22?,24?,25?,26-,29?,30?/m0/s1. The fraction of sp³-hybridized carbons (Fsp3) is 0.567. The maximum absolute atomic E-state index is 14.4. The van der Waals surface area contributed by atoms with Gasteiger partial charge in [-0.3, -0.25) is 4.79 Å². The van der Waals surface area contributed by atoms with E-state index in [1.165, 1.54) is 24.0 Å². The van der Waals surface area contributed by atoms with Gasteiger partial charge in [0.2, 0.25) is 5.91 Å². The third-order valence-corrected chi connectivity index (χ3v) is 10.1. The minimum Gasteiger partial charge on any atom is -0.342 e.